The topological polar surface area (TPSA) is 161 Å². The van der Waals surface area contributed by atoms with Gasteiger partial charge in [-0.2, -0.15) is 0 Å². The van der Waals surface area contributed by atoms with Gasteiger partial charge in [-0.1, -0.05) is 26.7 Å². The lowest BCUT2D eigenvalue weighted by molar-refractivity contribution is -0.148. The first-order valence-corrected chi connectivity index (χ1v) is 12.5. The van der Waals surface area contributed by atoms with Crippen LogP contribution >= 0.6 is 7.82 Å². The molecule has 3 heterocycles. The van der Waals surface area contributed by atoms with Gasteiger partial charge in [-0.3, -0.25) is 32.7 Å². The van der Waals surface area contributed by atoms with Crippen molar-refractivity contribution in [3.05, 3.63) is 33.1 Å². The molecule has 2 fully saturated rings. The number of hydrogen-bond donors (Lipinski definition) is 2. The van der Waals surface area contributed by atoms with Crippen molar-refractivity contribution in [1.82, 2.24) is 9.55 Å². The van der Waals surface area contributed by atoms with Gasteiger partial charge in [0.25, 0.3) is 5.56 Å². The summed E-state index contributed by atoms with van der Waals surface area (Å²) in [6.07, 6.45) is 1.79. The quantitative estimate of drug-likeness (QED) is 0.279. The van der Waals surface area contributed by atoms with Crippen LogP contribution in [0, 0.1) is 5.92 Å². The lowest BCUT2D eigenvalue weighted by Gasteiger charge is -2.35. The molecule has 3 N–H and O–H groups in total. The SMILES string of the molecule is CCCCCOC(=O)C(C)CCO[P@@]1(=O)OC[C@H]2O[C@@H](n3ccc(=O)[nH]c3=O)[C@](C)(N)[C@@H]2O1. The highest BCUT2D eigenvalue weighted by molar-refractivity contribution is 7.48. The van der Waals surface area contributed by atoms with Crippen molar-refractivity contribution in [3.8, 4) is 0 Å². The number of hydrogen-bond acceptors (Lipinski definition) is 10. The molecule has 2 saturated heterocycles. The number of ether oxygens (including phenoxy) is 2. The number of carbonyl (C=O) groups excluding carboxylic acids is 1. The third kappa shape index (κ3) is 6.00. The lowest BCUT2D eigenvalue weighted by atomic mass is 9.93. The summed E-state index contributed by atoms with van der Waals surface area (Å²) in [6.45, 7) is 5.56. The highest BCUT2D eigenvalue weighted by Crippen LogP contribution is 2.58. The van der Waals surface area contributed by atoms with Gasteiger partial charge in [0, 0.05) is 12.3 Å². The molecule has 33 heavy (non-hydrogen) atoms. The number of nitrogens with one attached hydrogen (secondary N) is 1. The number of H-pyrrole nitrogens is 1. The molecule has 186 valence electrons. The van der Waals surface area contributed by atoms with Crippen molar-refractivity contribution < 1.29 is 32.4 Å². The van der Waals surface area contributed by atoms with Gasteiger partial charge in [0.1, 0.15) is 12.2 Å². The number of nitrogens with two attached hydrogens (primary N) is 1. The second-order valence-corrected chi connectivity index (χ2v) is 10.2. The molecule has 1 aromatic rings. The molecule has 0 amide bonds. The Balaban J connectivity index is 1.56. The Labute approximate surface area is 191 Å². The van der Waals surface area contributed by atoms with Crippen molar-refractivity contribution in [2.45, 2.75) is 70.4 Å². The van der Waals surface area contributed by atoms with Gasteiger partial charge in [-0.05, 0) is 19.8 Å². The Hall–Kier alpha value is -1.82. The molecule has 1 aromatic heterocycles. The van der Waals surface area contributed by atoms with E-state index in [2.05, 4.69) is 11.9 Å². The summed E-state index contributed by atoms with van der Waals surface area (Å²) in [6, 6.07) is 1.17. The van der Waals surface area contributed by atoms with E-state index in [0.29, 0.717) is 6.61 Å². The molecule has 0 radical (unpaired) electrons. The van der Waals surface area contributed by atoms with E-state index in [4.69, 9.17) is 28.8 Å². The molecule has 0 saturated carbocycles. The summed E-state index contributed by atoms with van der Waals surface area (Å²) < 4.78 is 41.5. The maximum atomic E-state index is 13.0. The van der Waals surface area contributed by atoms with Gasteiger partial charge in [-0.15, -0.1) is 0 Å². The zero-order chi connectivity index (χ0) is 24.2. The van der Waals surface area contributed by atoms with Crippen LogP contribution in [-0.4, -0.2) is 53.1 Å². The highest BCUT2D eigenvalue weighted by atomic mass is 31.2. The summed E-state index contributed by atoms with van der Waals surface area (Å²) in [4.78, 5) is 37.7. The number of nitrogens with zero attached hydrogens (tertiary/aromatic N) is 1. The normalized spacial score (nSPS) is 32.3. The standard InChI is InChI=1S/C20H32N3O9P/c1-4-5-6-10-28-17(25)13(2)8-11-29-33(27)30-12-14-16(32-33)20(3,21)18(31-14)23-9-7-15(24)22-19(23)26/h7,9,13-14,16,18H,4-6,8,10-12,21H2,1-3H3,(H,22,24,26)/t13?,14-,16-,18-,20-,33+/m1/s1. The molecule has 0 aliphatic carbocycles. The van der Waals surface area contributed by atoms with Crippen LogP contribution < -0.4 is 17.0 Å². The first kappa shape index (κ1) is 25.8. The Morgan fingerprint density at radius 1 is 1.39 bits per heavy atom. The monoisotopic (exact) mass is 489 g/mol. The maximum Gasteiger partial charge on any atom is 0.475 e. The molecule has 0 aromatic carbocycles. The van der Waals surface area contributed by atoms with E-state index in [1.807, 2.05) is 0 Å². The minimum Gasteiger partial charge on any atom is -0.465 e. The van der Waals surface area contributed by atoms with Crippen molar-refractivity contribution in [2.75, 3.05) is 19.8 Å². The number of rotatable bonds is 10. The molecular weight excluding hydrogens is 457 g/mol. The van der Waals surface area contributed by atoms with Gasteiger partial charge in [0.15, 0.2) is 6.23 Å². The molecule has 12 nitrogen and oxygen atoms in total. The Bertz CT molecular complexity index is 991. The number of phosphoric acid groups is 1. The summed E-state index contributed by atoms with van der Waals surface area (Å²) in [5.74, 6) is -0.784. The number of phosphoric ester groups is 1. The average molecular weight is 489 g/mol. The van der Waals surface area contributed by atoms with Crippen LogP contribution in [0.1, 0.15) is 52.7 Å². The predicted octanol–water partition coefficient (Wildman–Crippen LogP) is 1.45. The fourth-order valence-electron chi connectivity index (χ4n) is 3.74. The first-order chi connectivity index (χ1) is 15.6. The van der Waals surface area contributed by atoms with Crippen LogP contribution in [0.3, 0.4) is 0 Å². The van der Waals surface area contributed by atoms with Crippen molar-refractivity contribution in [2.24, 2.45) is 11.7 Å². The van der Waals surface area contributed by atoms with E-state index in [0.717, 1.165) is 23.8 Å². The van der Waals surface area contributed by atoms with Crippen LogP contribution in [-0.2, 0) is 32.4 Å². The van der Waals surface area contributed by atoms with E-state index in [1.165, 1.54) is 12.3 Å². The fourth-order valence-corrected chi connectivity index (χ4v) is 5.23. The second-order valence-electron chi connectivity index (χ2n) is 8.58. The Morgan fingerprint density at radius 2 is 2.15 bits per heavy atom. The van der Waals surface area contributed by atoms with Gasteiger partial charge in [0.2, 0.25) is 0 Å². The van der Waals surface area contributed by atoms with Crippen LogP contribution in [0.2, 0.25) is 0 Å². The van der Waals surface area contributed by atoms with Crippen molar-refractivity contribution in [3.63, 3.8) is 0 Å². The van der Waals surface area contributed by atoms with Gasteiger partial charge >= 0.3 is 19.5 Å². The molecule has 3 rings (SSSR count). The maximum absolute atomic E-state index is 13.0. The van der Waals surface area contributed by atoms with E-state index < -0.39 is 49.0 Å². The number of aromatic amines is 1. The van der Waals surface area contributed by atoms with Gasteiger partial charge in [-0.25, -0.2) is 9.36 Å². The molecule has 0 spiro atoms. The third-order valence-electron chi connectivity index (χ3n) is 5.72. The summed E-state index contributed by atoms with van der Waals surface area (Å²) in [7, 11) is -3.98. The van der Waals surface area contributed by atoms with Crippen molar-refractivity contribution >= 4 is 13.8 Å². The van der Waals surface area contributed by atoms with Crippen molar-refractivity contribution in [1.29, 1.82) is 0 Å². The number of unbranched alkanes of at least 4 members (excludes halogenated alkanes) is 2. The van der Waals surface area contributed by atoms with Gasteiger partial charge < -0.3 is 15.2 Å². The van der Waals surface area contributed by atoms with Crippen LogP contribution in [0.25, 0.3) is 0 Å². The van der Waals surface area contributed by atoms with Crippen LogP contribution in [0.5, 0.6) is 0 Å². The molecule has 13 heteroatoms. The molecule has 0 bridgehead atoms. The van der Waals surface area contributed by atoms with E-state index in [9.17, 15) is 18.9 Å². The number of carbonyl (C=O) groups is 1. The number of esters is 1. The Morgan fingerprint density at radius 3 is 2.85 bits per heavy atom. The first-order valence-electron chi connectivity index (χ1n) is 11.1. The summed E-state index contributed by atoms with van der Waals surface area (Å²) >= 11 is 0. The number of fused-ring (bicyclic) bond motifs is 1. The second kappa shape index (κ2) is 10.6. The zero-order valence-electron chi connectivity index (χ0n) is 19.1. The molecular formula is C20H32N3O9P. The minimum absolute atomic E-state index is 0.0508. The summed E-state index contributed by atoms with van der Waals surface area (Å²) in [5, 5.41) is 0. The minimum atomic E-state index is -3.98. The third-order valence-corrected chi connectivity index (χ3v) is 7.17. The highest BCUT2D eigenvalue weighted by Gasteiger charge is 2.59. The lowest BCUT2D eigenvalue weighted by Crippen LogP contribution is -2.55. The molecule has 1 unspecified atom stereocenters. The van der Waals surface area contributed by atoms with Gasteiger partial charge in [0.05, 0.1) is 31.3 Å². The van der Waals surface area contributed by atoms with E-state index in [1.54, 1.807) is 13.8 Å². The predicted molar refractivity (Wildman–Crippen MR) is 116 cm³/mol. The summed E-state index contributed by atoms with van der Waals surface area (Å²) in [5.41, 5.74) is 3.89. The molecule has 6 atom stereocenters. The Kier molecular flexibility index (Phi) is 8.31. The smallest absolute Gasteiger partial charge is 0.465 e. The van der Waals surface area contributed by atoms with E-state index in [-0.39, 0.29) is 25.6 Å². The van der Waals surface area contributed by atoms with Crippen LogP contribution in [0.4, 0.5) is 0 Å². The molecule has 2 aliphatic heterocycles. The zero-order valence-corrected chi connectivity index (χ0v) is 20.0. The average Bonchev–Trinajstić information content (AvgIpc) is 3.01. The number of aromatic nitrogens is 2. The largest absolute Gasteiger partial charge is 0.475 e. The van der Waals surface area contributed by atoms with Crippen LogP contribution in [0.15, 0.2) is 21.9 Å². The molecule has 2 aliphatic rings. The fraction of sp³-hybridized carbons (Fsp3) is 0.750. The van der Waals surface area contributed by atoms with E-state index >= 15 is 0 Å².